The zero-order valence-electron chi connectivity index (χ0n) is 11.9. The predicted octanol–water partition coefficient (Wildman–Crippen LogP) is 2.08. The predicted molar refractivity (Wildman–Crippen MR) is 80.4 cm³/mol. The monoisotopic (exact) mass is 283 g/mol. The Bertz CT molecular complexity index is 722. The number of aromatic nitrogens is 2. The number of carbonyl (C=O) groups excluding carboxylic acids is 1. The molecule has 0 spiro atoms. The maximum atomic E-state index is 12.4. The Morgan fingerprint density at radius 2 is 2.10 bits per heavy atom. The molecule has 0 saturated heterocycles. The fourth-order valence-corrected chi connectivity index (χ4v) is 2.55. The van der Waals surface area contributed by atoms with Crippen molar-refractivity contribution in [1.82, 2.24) is 9.55 Å². The van der Waals surface area contributed by atoms with E-state index in [1.807, 2.05) is 6.07 Å². The van der Waals surface area contributed by atoms with E-state index in [4.69, 9.17) is 0 Å². The molecule has 1 aliphatic heterocycles. The molecule has 0 radical (unpaired) electrons. The third kappa shape index (κ3) is 2.72. The lowest BCUT2D eigenvalue weighted by Crippen LogP contribution is -2.33. The molecule has 0 saturated carbocycles. The largest absolute Gasteiger partial charge is 0.316 e. The van der Waals surface area contributed by atoms with Crippen molar-refractivity contribution in [2.24, 2.45) is 5.92 Å². The van der Waals surface area contributed by atoms with Gasteiger partial charge in [-0.1, -0.05) is 25.1 Å². The first kappa shape index (κ1) is 13.5. The summed E-state index contributed by atoms with van der Waals surface area (Å²) >= 11 is 0. The van der Waals surface area contributed by atoms with E-state index >= 15 is 0 Å². The molecular weight excluding hydrogens is 266 g/mol. The van der Waals surface area contributed by atoms with Crippen LogP contribution in [-0.4, -0.2) is 15.5 Å². The van der Waals surface area contributed by atoms with E-state index in [0.29, 0.717) is 18.0 Å². The van der Waals surface area contributed by atoms with E-state index in [9.17, 15) is 9.59 Å². The van der Waals surface area contributed by atoms with E-state index in [2.05, 4.69) is 17.2 Å². The minimum Gasteiger partial charge on any atom is -0.316 e. The highest BCUT2D eigenvalue weighted by Gasteiger charge is 2.19. The second-order valence-corrected chi connectivity index (χ2v) is 5.46. The summed E-state index contributed by atoms with van der Waals surface area (Å²) < 4.78 is 1.67. The molecule has 5 heteroatoms. The van der Waals surface area contributed by atoms with Crippen LogP contribution >= 0.6 is 0 Å². The zero-order chi connectivity index (χ0) is 14.8. The van der Waals surface area contributed by atoms with E-state index in [1.54, 1.807) is 28.8 Å². The molecule has 2 heterocycles. The summed E-state index contributed by atoms with van der Waals surface area (Å²) in [4.78, 5) is 28.8. The normalized spacial score (nSPS) is 17.1. The van der Waals surface area contributed by atoms with Crippen LogP contribution in [0.25, 0.3) is 0 Å². The Morgan fingerprint density at radius 3 is 2.86 bits per heavy atom. The van der Waals surface area contributed by atoms with Crippen LogP contribution in [0.15, 0.2) is 41.3 Å². The molecule has 1 atom stereocenters. The van der Waals surface area contributed by atoms with Gasteiger partial charge in [0, 0.05) is 18.5 Å². The van der Waals surface area contributed by atoms with Crippen LogP contribution in [-0.2, 0) is 13.0 Å². The van der Waals surface area contributed by atoms with Gasteiger partial charge in [-0.3, -0.25) is 14.2 Å². The number of anilines is 1. The number of hydrogen-bond donors (Lipinski definition) is 1. The number of amides is 1. The molecule has 1 aromatic carbocycles. The summed E-state index contributed by atoms with van der Waals surface area (Å²) in [5.74, 6) is 1.05. The summed E-state index contributed by atoms with van der Waals surface area (Å²) in [5, 5.41) is 2.65. The fourth-order valence-electron chi connectivity index (χ4n) is 2.55. The van der Waals surface area contributed by atoms with Gasteiger partial charge in [0.15, 0.2) is 0 Å². The van der Waals surface area contributed by atoms with Crippen molar-refractivity contribution < 1.29 is 4.79 Å². The van der Waals surface area contributed by atoms with Gasteiger partial charge in [-0.15, -0.1) is 0 Å². The van der Waals surface area contributed by atoms with E-state index in [1.165, 1.54) is 6.20 Å². The van der Waals surface area contributed by atoms with Gasteiger partial charge >= 0.3 is 0 Å². The summed E-state index contributed by atoms with van der Waals surface area (Å²) in [6.45, 7) is 2.82. The Kier molecular flexibility index (Phi) is 3.56. The highest BCUT2D eigenvalue weighted by molar-refractivity contribution is 6.04. The molecular formula is C16H17N3O2. The molecule has 0 fully saturated rings. The third-order valence-corrected chi connectivity index (χ3v) is 3.79. The molecule has 0 aliphatic carbocycles. The number of fused-ring (bicyclic) bond motifs is 1. The molecule has 1 aliphatic rings. The maximum absolute atomic E-state index is 12.4. The highest BCUT2D eigenvalue weighted by Crippen LogP contribution is 2.17. The second-order valence-electron chi connectivity index (χ2n) is 5.46. The number of nitrogens with one attached hydrogen (secondary N) is 1. The van der Waals surface area contributed by atoms with Gasteiger partial charge in [0.1, 0.15) is 11.5 Å². The summed E-state index contributed by atoms with van der Waals surface area (Å²) in [6, 6.07) is 8.83. The van der Waals surface area contributed by atoms with Gasteiger partial charge in [-0.05, 0) is 24.5 Å². The SMILES string of the molecule is CC1CCn2c(ncc(NC(=O)c3ccccc3)c2=O)C1. The molecule has 2 aromatic rings. The first-order valence-electron chi connectivity index (χ1n) is 7.10. The number of nitrogens with zero attached hydrogens (tertiary/aromatic N) is 2. The summed E-state index contributed by atoms with van der Waals surface area (Å²) in [5.41, 5.74) is 0.589. The average molecular weight is 283 g/mol. The molecule has 0 bridgehead atoms. The number of hydrogen-bond acceptors (Lipinski definition) is 3. The lowest BCUT2D eigenvalue weighted by molar-refractivity contribution is 0.102. The summed E-state index contributed by atoms with van der Waals surface area (Å²) in [7, 11) is 0. The van der Waals surface area contributed by atoms with E-state index in [0.717, 1.165) is 18.7 Å². The fraction of sp³-hybridized carbons (Fsp3) is 0.312. The smallest absolute Gasteiger partial charge is 0.277 e. The van der Waals surface area contributed by atoms with Crippen molar-refractivity contribution in [3.05, 3.63) is 58.3 Å². The second kappa shape index (κ2) is 5.52. The van der Waals surface area contributed by atoms with Crippen molar-refractivity contribution >= 4 is 11.6 Å². The van der Waals surface area contributed by atoms with Crippen LogP contribution in [0.5, 0.6) is 0 Å². The van der Waals surface area contributed by atoms with Gasteiger partial charge in [-0.25, -0.2) is 4.98 Å². The molecule has 21 heavy (non-hydrogen) atoms. The first-order chi connectivity index (χ1) is 10.1. The van der Waals surface area contributed by atoms with Gasteiger partial charge in [0.05, 0.1) is 6.20 Å². The molecule has 1 unspecified atom stereocenters. The van der Waals surface area contributed by atoms with Crippen molar-refractivity contribution in [3.8, 4) is 0 Å². The Hall–Kier alpha value is -2.43. The lowest BCUT2D eigenvalue weighted by atomic mass is 10.00. The third-order valence-electron chi connectivity index (χ3n) is 3.79. The Labute approximate surface area is 122 Å². The van der Waals surface area contributed by atoms with Crippen LogP contribution in [0.1, 0.15) is 29.5 Å². The number of rotatable bonds is 2. The minimum absolute atomic E-state index is 0.170. The standard InChI is InChI=1S/C16H17N3O2/c1-11-7-8-19-14(9-11)17-10-13(16(19)21)18-15(20)12-5-3-2-4-6-12/h2-6,10-11H,7-9H2,1H3,(H,18,20). The van der Waals surface area contributed by atoms with Gasteiger partial charge in [0.25, 0.3) is 11.5 Å². The Balaban J connectivity index is 1.87. The quantitative estimate of drug-likeness (QED) is 0.917. The maximum Gasteiger partial charge on any atom is 0.277 e. The average Bonchev–Trinajstić information content (AvgIpc) is 2.51. The van der Waals surface area contributed by atoms with Crippen LogP contribution in [0, 0.1) is 5.92 Å². The summed E-state index contributed by atoms with van der Waals surface area (Å²) in [6.07, 6.45) is 3.24. The topological polar surface area (TPSA) is 64.0 Å². The van der Waals surface area contributed by atoms with Gasteiger partial charge in [-0.2, -0.15) is 0 Å². The van der Waals surface area contributed by atoms with Gasteiger partial charge in [0.2, 0.25) is 0 Å². The van der Waals surface area contributed by atoms with Crippen molar-refractivity contribution in [1.29, 1.82) is 0 Å². The highest BCUT2D eigenvalue weighted by atomic mass is 16.2. The van der Waals surface area contributed by atoms with Crippen LogP contribution in [0.2, 0.25) is 0 Å². The van der Waals surface area contributed by atoms with Crippen molar-refractivity contribution in [2.75, 3.05) is 5.32 Å². The van der Waals surface area contributed by atoms with Crippen LogP contribution < -0.4 is 10.9 Å². The van der Waals surface area contributed by atoms with E-state index in [-0.39, 0.29) is 17.2 Å². The zero-order valence-corrected chi connectivity index (χ0v) is 11.9. The lowest BCUT2D eigenvalue weighted by Gasteiger charge is -2.22. The molecule has 1 aromatic heterocycles. The first-order valence-corrected chi connectivity index (χ1v) is 7.10. The van der Waals surface area contributed by atoms with Crippen molar-refractivity contribution in [2.45, 2.75) is 26.3 Å². The molecule has 1 amide bonds. The minimum atomic E-state index is -0.292. The van der Waals surface area contributed by atoms with Crippen LogP contribution in [0.4, 0.5) is 5.69 Å². The number of carbonyl (C=O) groups is 1. The van der Waals surface area contributed by atoms with Gasteiger partial charge < -0.3 is 5.32 Å². The molecule has 3 rings (SSSR count). The van der Waals surface area contributed by atoms with Crippen LogP contribution in [0.3, 0.4) is 0 Å². The molecule has 1 N–H and O–H groups in total. The molecule has 5 nitrogen and oxygen atoms in total. The number of benzene rings is 1. The Morgan fingerprint density at radius 1 is 1.33 bits per heavy atom. The van der Waals surface area contributed by atoms with E-state index < -0.39 is 0 Å². The molecule has 108 valence electrons. The van der Waals surface area contributed by atoms with Crippen molar-refractivity contribution in [3.63, 3.8) is 0 Å².